The maximum atomic E-state index is 12.0. The first-order valence-corrected chi connectivity index (χ1v) is 7.79. The van der Waals surface area contributed by atoms with E-state index in [0.29, 0.717) is 13.1 Å². The smallest absolute Gasteiger partial charge is 0.317 e. The Morgan fingerprint density at radius 2 is 2.05 bits per heavy atom. The van der Waals surface area contributed by atoms with Gasteiger partial charge in [-0.3, -0.25) is 0 Å². The predicted octanol–water partition coefficient (Wildman–Crippen LogP) is 2.34. The van der Waals surface area contributed by atoms with Crippen LogP contribution in [0.4, 0.5) is 4.79 Å². The van der Waals surface area contributed by atoms with Crippen LogP contribution in [0.1, 0.15) is 30.4 Å². The molecule has 0 spiro atoms. The van der Waals surface area contributed by atoms with Gasteiger partial charge in [0.15, 0.2) is 0 Å². The maximum Gasteiger partial charge on any atom is 0.317 e. The van der Waals surface area contributed by atoms with Crippen molar-refractivity contribution < 1.29 is 9.90 Å². The number of aliphatic hydroxyl groups excluding tert-OH is 1. The van der Waals surface area contributed by atoms with Gasteiger partial charge in [0.25, 0.3) is 0 Å². The van der Waals surface area contributed by atoms with E-state index in [1.807, 2.05) is 0 Å². The fourth-order valence-corrected chi connectivity index (χ4v) is 2.87. The minimum atomic E-state index is -0.243. The summed E-state index contributed by atoms with van der Waals surface area (Å²) in [5, 5.41) is 12.7. The van der Waals surface area contributed by atoms with Gasteiger partial charge in [0.2, 0.25) is 0 Å². The standard InChI is InChI=1S/C17H26N2O2/c1-13-6-8-14(9-7-13)10-11-18-17(21)19(2)12-15-4-3-5-16(15)20/h6-9,15-16,20H,3-5,10-12H2,1-2H3,(H,18,21). The molecule has 1 saturated carbocycles. The fraction of sp³-hybridized carbons (Fsp3) is 0.588. The van der Waals surface area contributed by atoms with Gasteiger partial charge < -0.3 is 15.3 Å². The second kappa shape index (κ2) is 7.46. The molecule has 0 aliphatic heterocycles. The average molecular weight is 290 g/mol. The zero-order valence-corrected chi connectivity index (χ0v) is 13.0. The minimum Gasteiger partial charge on any atom is -0.393 e. The van der Waals surface area contributed by atoms with Crippen LogP contribution in [0.3, 0.4) is 0 Å². The van der Waals surface area contributed by atoms with Gasteiger partial charge >= 0.3 is 6.03 Å². The second-order valence-corrected chi connectivity index (χ2v) is 6.11. The Kier molecular flexibility index (Phi) is 5.62. The Morgan fingerprint density at radius 3 is 2.67 bits per heavy atom. The van der Waals surface area contributed by atoms with Crippen LogP contribution < -0.4 is 5.32 Å². The van der Waals surface area contributed by atoms with Crippen molar-refractivity contribution in [2.24, 2.45) is 5.92 Å². The molecule has 2 rings (SSSR count). The molecular weight excluding hydrogens is 264 g/mol. The van der Waals surface area contributed by atoms with Crippen LogP contribution in [0.2, 0.25) is 0 Å². The van der Waals surface area contributed by atoms with Crippen molar-refractivity contribution in [1.82, 2.24) is 10.2 Å². The summed E-state index contributed by atoms with van der Waals surface area (Å²) >= 11 is 0. The first-order chi connectivity index (χ1) is 10.1. The summed E-state index contributed by atoms with van der Waals surface area (Å²) in [4.78, 5) is 13.7. The summed E-state index contributed by atoms with van der Waals surface area (Å²) in [5.41, 5.74) is 2.48. The number of carbonyl (C=O) groups excluding carboxylic acids is 1. The largest absolute Gasteiger partial charge is 0.393 e. The van der Waals surface area contributed by atoms with Gasteiger partial charge in [-0.25, -0.2) is 4.79 Å². The number of hydrogen-bond donors (Lipinski definition) is 2. The molecule has 2 amide bonds. The van der Waals surface area contributed by atoms with Crippen molar-refractivity contribution in [2.75, 3.05) is 20.1 Å². The van der Waals surface area contributed by atoms with E-state index in [1.54, 1.807) is 11.9 Å². The summed E-state index contributed by atoms with van der Waals surface area (Å²) < 4.78 is 0. The highest BCUT2D eigenvalue weighted by atomic mass is 16.3. The van der Waals surface area contributed by atoms with E-state index in [1.165, 1.54) is 11.1 Å². The third-order valence-corrected chi connectivity index (χ3v) is 4.28. The molecule has 0 radical (unpaired) electrons. The van der Waals surface area contributed by atoms with Gasteiger partial charge in [-0.1, -0.05) is 36.2 Å². The second-order valence-electron chi connectivity index (χ2n) is 6.11. The molecule has 1 aromatic carbocycles. The van der Waals surface area contributed by atoms with Gasteiger partial charge in [0, 0.05) is 26.1 Å². The Bertz CT molecular complexity index is 458. The normalized spacial score (nSPS) is 21.3. The number of rotatable bonds is 5. The number of carbonyl (C=O) groups is 1. The van der Waals surface area contributed by atoms with Crippen LogP contribution >= 0.6 is 0 Å². The lowest BCUT2D eigenvalue weighted by atomic mass is 10.1. The van der Waals surface area contributed by atoms with Crippen LogP contribution in [0.5, 0.6) is 0 Å². The van der Waals surface area contributed by atoms with Crippen LogP contribution in [-0.4, -0.2) is 42.3 Å². The average Bonchev–Trinajstić information content (AvgIpc) is 2.86. The van der Waals surface area contributed by atoms with Crippen LogP contribution in [-0.2, 0) is 6.42 Å². The number of amides is 2. The molecule has 116 valence electrons. The summed E-state index contributed by atoms with van der Waals surface area (Å²) in [6.07, 6.45) is 3.55. The van der Waals surface area contributed by atoms with Crippen molar-refractivity contribution in [3.63, 3.8) is 0 Å². The molecule has 1 aliphatic carbocycles. The quantitative estimate of drug-likeness (QED) is 0.874. The lowest BCUT2D eigenvalue weighted by Gasteiger charge is -2.23. The molecule has 21 heavy (non-hydrogen) atoms. The lowest BCUT2D eigenvalue weighted by molar-refractivity contribution is 0.114. The van der Waals surface area contributed by atoms with E-state index >= 15 is 0 Å². The van der Waals surface area contributed by atoms with E-state index in [9.17, 15) is 9.90 Å². The lowest BCUT2D eigenvalue weighted by Crippen LogP contribution is -2.41. The number of nitrogens with zero attached hydrogens (tertiary/aromatic N) is 1. The summed E-state index contributed by atoms with van der Waals surface area (Å²) in [5.74, 6) is 0.234. The molecule has 1 fully saturated rings. The number of hydrogen-bond acceptors (Lipinski definition) is 2. The van der Waals surface area contributed by atoms with Crippen molar-refractivity contribution in [1.29, 1.82) is 0 Å². The molecule has 2 atom stereocenters. The van der Waals surface area contributed by atoms with Gasteiger partial charge in [-0.05, 0) is 31.7 Å². The molecule has 0 heterocycles. The highest BCUT2D eigenvalue weighted by Gasteiger charge is 2.27. The molecule has 0 aromatic heterocycles. The molecule has 2 unspecified atom stereocenters. The van der Waals surface area contributed by atoms with Gasteiger partial charge in [0.1, 0.15) is 0 Å². The van der Waals surface area contributed by atoms with Crippen molar-refractivity contribution in [3.05, 3.63) is 35.4 Å². The van der Waals surface area contributed by atoms with E-state index in [0.717, 1.165) is 25.7 Å². The number of benzene rings is 1. The number of aliphatic hydroxyl groups is 1. The summed E-state index contributed by atoms with van der Waals surface area (Å²) in [6.45, 7) is 3.34. The Hall–Kier alpha value is -1.55. The van der Waals surface area contributed by atoms with Crippen LogP contribution in [0.15, 0.2) is 24.3 Å². The molecule has 1 aliphatic rings. The highest BCUT2D eigenvalue weighted by Crippen LogP contribution is 2.25. The Morgan fingerprint density at radius 1 is 1.33 bits per heavy atom. The van der Waals surface area contributed by atoms with Gasteiger partial charge in [-0.2, -0.15) is 0 Å². The predicted molar refractivity (Wildman–Crippen MR) is 84.3 cm³/mol. The maximum absolute atomic E-state index is 12.0. The number of aryl methyl sites for hydroxylation is 1. The molecule has 4 nitrogen and oxygen atoms in total. The van der Waals surface area contributed by atoms with E-state index < -0.39 is 0 Å². The third-order valence-electron chi connectivity index (χ3n) is 4.28. The van der Waals surface area contributed by atoms with Crippen molar-refractivity contribution in [2.45, 2.75) is 38.7 Å². The third kappa shape index (κ3) is 4.74. The van der Waals surface area contributed by atoms with E-state index in [4.69, 9.17) is 0 Å². The van der Waals surface area contributed by atoms with Crippen molar-refractivity contribution in [3.8, 4) is 0 Å². The SMILES string of the molecule is Cc1ccc(CCNC(=O)N(C)CC2CCCC2O)cc1. The highest BCUT2D eigenvalue weighted by molar-refractivity contribution is 5.73. The molecule has 4 heteroatoms. The number of nitrogens with one attached hydrogen (secondary N) is 1. The zero-order valence-electron chi connectivity index (χ0n) is 13.0. The van der Waals surface area contributed by atoms with Crippen molar-refractivity contribution >= 4 is 6.03 Å². The molecule has 2 N–H and O–H groups in total. The van der Waals surface area contributed by atoms with Crippen LogP contribution in [0.25, 0.3) is 0 Å². The van der Waals surface area contributed by atoms with Gasteiger partial charge in [-0.15, -0.1) is 0 Å². The zero-order chi connectivity index (χ0) is 15.2. The molecule has 0 bridgehead atoms. The fourth-order valence-electron chi connectivity index (χ4n) is 2.87. The monoisotopic (exact) mass is 290 g/mol. The molecular formula is C17H26N2O2. The molecule has 1 aromatic rings. The van der Waals surface area contributed by atoms with E-state index in [-0.39, 0.29) is 18.1 Å². The van der Waals surface area contributed by atoms with E-state index in [2.05, 4.69) is 36.5 Å². The number of urea groups is 1. The first-order valence-electron chi connectivity index (χ1n) is 7.79. The van der Waals surface area contributed by atoms with Crippen LogP contribution in [0, 0.1) is 12.8 Å². The van der Waals surface area contributed by atoms with Gasteiger partial charge in [0.05, 0.1) is 6.10 Å². The Balaban J connectivity index is 1.70. The first kappa shape index (κ1) is 15.8. The Labute approximate surface area is 127 Å². The topological polar surface area (TPSA) is 52.6 Å². The summed E-state index contributed by atoms with van der Waals surface area (Å²) in [7, 11) is 1.80. The minimum absolute atomic E-state index is 0.0544. The summed E-state index contributed by atoms with van der Waals surface area (Å²) in [6, 6.07) is 8.32. The molecule has 0 saturated heterocycles.